The lowest BCUT2D eigenvalue weighted by atomic mass is 10.1. The van der Waals surface area contributed by atoms with E-state index in [1.807, 2.05) is 67.6 Å². The van der Waals surface area contributed by atoms with Crippen LogP contribution < -0.4 is 10.6 Å². The summed E-state index contributed by atoms with van der Waals surface area (Å²) in [6, 6.07) is 22.5. The second kappa shape index (κ2) is 7.62. The van der Waals surface area contributed by atoms with Crippen LogP contribution in [0.2, 0.25) is 0 Å². The molecule has 1 amide bonds. The standard InChI is InChI=1S/C22H17N3O2S/c1-14-7-9-15(10-8-14)20(26)25-22(28)23-17-11-12-19-18(13-17)24-21(27-19)16-5-3-2-4-6-16/h2-13H,1H3,(H2,23,25,26,28). The topological polar surface area (TPSA) is 67.2 Å². The molecule has 1 heterocycles. The molecule has 0 aliphatic carbocycles. The van der Waals surface area contributed by atoms with Crippen LogP contribution in [0.1, 0.15) is 15.9 Å². The highest BCUT2D eigenvalue weighted by atomic mass is 32.1. The Morgan fingerprint density at radius 2 is 1.75 bits per heavy atom. The molecule has 28 heavy (non-hydrogen) atoms. The fourth-order valence-electron chi connectivity index (χ4n) is 2.75. The Hall–Kier alpha value is -3.51. The first-order chi connectivity index (χ1) is 13.6. The number of anilines is 1. The van der Waals surface area contributed by atoms with E-state index in [0.29, 0.717) is 22.6 Å². The maximum Gasteiger partial charge on any atom is 0.257 e. The highest BCUT2D eigenvalue weighted by Gasteiger charge is 2.11. The van der Waals surface area contributed by atoms with E-state index in [1.54, 1.807) is 12.1 Å². The van der Waals surface area contributed by atoms with Crippen LogP contribution in [0.15, 0.2) is 77.2 Å². The minimum Gasteiger partial charge on any atom is -0.436 e. The molecule has 0 bridgehead atoms. The third-order valence-electron chi connectivity index (χ3n) is 4.21. The zero-order valence-electron chi connectivity index (χ0n) is 15.1. The fourth-order valence-corrected chi connectivity index (χ4v) is 2.96. The summed E-state index contributed by atoms with van der Waals surface area (Å²) in [6.07, 6.45) is 0. The van der Waals surface area contributed by atoms with Crippen molar-refractivity contribution in [2.45, 2.75) is 6.92 Å². The first-order valence-corrected chi connectivity index (χ1v) is 9.14. The molecule has 0 saturated carbocycles. The van der Waals surface area contributed by atoms with Crippen LogP contribution in [-0.2, 0) is 0 Å². The first kappa shape index (κ1) is 17.9. The second-order valence-electron chi connectivity index (χ2n) is 6.34. The first-order valence-electron chi connectivity index (χ1n) is 8.73. The minimum atomic E-state index is -0.258. The maximum atomic E-state index is 12.3. The van der Waals surface area contributed by atoms with Crippen molar-refractivity contribution >= 4 is 40.0 Å². The number of hydrogen-bond donors (Lipinski definition) is 2. The fraction of sp³-hybridized carbons (Fsp3) is 0.0455. The van der Waals surface area contributed by atoms with Crippen LogP contribution in [0.25, 0.3) is 22.6 Å². The summed E-state index contributed by atoms with van der Waals surface area (Å²) < 4.78 is 5.80. The Morgan fingerprint density at radius 1 is 1.00 bits per heavy atom. The molecule has 0 aliphatic rings. The number of carbonyl (C=O) groups is 1. The molecule has 0 spiro atoms. The number of aromatic nitrogens is 1. The number of thiocarbonyl (C=S) groups is 1. The molecule has 0 saturated heterocycles. The van der Waals surface area contributed by atoms with E-state index in [2.05, 4.69) is 15.6 Å². The van der Waals surface area contributed by atoms with Gasteiger partial charge < -0.3 is 9.73 Å². The van der Waals surface area contributed by atoms with E-state index >= 15 is 0 Å². The van der Waals surface area contributed by atoms with E-state index in [-0.39, 0.29) is 11.0 Å². The zero-order valence-corrected chi connectivity index (χ0v) is 15.9. The molecule has 4 aromatic rings. The van der Waals surface area contributed by atoms with Gasteiger partial charge in [-0.05, 0) is 61.6 Å². The van der Waals surface area contributed by atoms with Crippen LogP contribution in [0.3, 0.4) is 0 Å². The molecule has 0 radical (unpaired) electrons. The Bertz CT molecular complexity index is 1150. The average molecular weight is 387 g/mol. The second-order valence-corrected chi connectivity index (χ2v) is 6.75. The summed E-state index contributed by atoms with van der Waals surface area (Å²) in [5, 5.41) is 5.91. The molecule has 1 aromatic heterocycles. The smallest absolute Gasteiger partial charge is 0.257 e. The third kappa shape index (κ3) is 3.92. The van der Waals surface area contributed by atoms with Crippen molar-refractivity contribution in [3.63, 3.8) is 0 Å². The molecule has 138 valence electrons. The number of benzene rings is 3. The molecule has 5 nitrogen and oxygen atoms in total. The highest BCUT2D eigenvalue weighted by molar-refractivity contribution is 7.80. The van der Waals surface area contributed by atoms with Gasteiger partial charge in [0.25, 0.3) is 5.91 Å². The van der Waals surface area contributed by atoms with Gasteiger partial charge in [-0.15, -0.1) is 0 Å². The van der Waals surface area contributed by atoms with Crippen molar-refractivity contribution in [1.82, 2.24) is 10.3 Å². The van der Waals surface area contributed by atoms with Gasteiger partial charge in [0.1, 0.15) is 5.52 Å². The number of hydrogen-bond acceptors (Lipinski definition) is 4. The van der Waals surface area contributed by atoms with Crippen molar-refractivity contribution in [2.75, 3.05) is 5.32 Å². The van der Waals surface area contributed by atoms with Gasteiger partial charge in [-0.2, -0.15) is 0 Å². The van der Waals surface area contributed by atoms with Crippen molar-refractivity contribution in [1.29, 1.82) is 0 Å². The quantitative estimate of drug-likeness (QED) is 0.488. The Morgan fingerprint density at radius 3 is 2.50 bits per heavy atom. The summed E-state index contributed by atoms with van der Waals surface area (Å²) in [5.41, 5.74) is 4.65. The molecule has 0 aliphatic heterocycles. The van der Waals surface area contributed by atoms with Crippen molar-refractivity contribution in [3.8, 4) is 11.5 Å². The van der Waals surface area contributed by atoms with Gasteiger partial charge in [0.2, 0.25) is 5.89 Å². The molecular formula is C22H17N3O2S. The zero-order chi connectivity index (χ0) is 19.5. The van der Waals surface area contributed by atoms with Gasteiger partial charge >= 0.3 is 0 Å². The summed E-state index contributed by atoms with van der Waals surface area (Å²) in [5.74, 6) is 0.300. The summed E-state index contributed by atoms with van der Waals surface area (Å²) in [6.45, 7) is 1.97. The molecule has 0 fully saturated rings. The number of nitrogens with zero attached hydrogens (tertiary/aromatic N) is 1. The van der Waals surface area contributed by atoms with E-state index < -0.39 is 0 Å². The van der Waals surface area contributed by atoms with Gasteiger partial charge in [-0.3, -0.25) is 10.1 Å². The molecule has 0 unspecified atom stereocenters. The lowest BCUT2D eigenvalue weighted by molar-refractivity contribution is 0.0977. The Kier molecular flexibility index (Phi) is 4.87. The number of amides is 1. The van der Waals surface area contributed by atoms with Crippen molar-refractivity contribution < 1.29 is 9.21 Å². The predicted molar refractivity (Wildman–Crippen MR) is 114 cm³/mol. The molecule has 3 aromatic carbocycles. The largest absolute Gasteiger partial charge is 0.436 e. The number of aryl methyl sites for hydroxylation is 1. The minimum absolute atomic E-state index is 0.219. The lowest BCUT2D eigenvalue weighted by Gasteiger charge is -2.09. The van der Waals surface area contributed by atoms with Crippen LogP contribution in [0, 0.1) is 6.92 Å². The molecule has 6 heteroatoms. The third-order valence-corrected chi connectivity index (χ3v) is 4.41. The SMILES string of the molecule is Cc1ccc(C(=O)NC(=S)Nc2ccc3oc(-c4ccccc4)nc3c2)cc1. The Labute approximate surface area is 167 Å². The lowest BCUT2D eigenvalue weighted by Crippen LogP contribution is -2.34. The average Bonchev–Trinajstić information content (AvgIpc) is 3.12. The Balaban J connectivity index is 1.47. The van der Waals surface area contributed by atoms with Gasteiger partial charge in [0.05, 0.1) is 0 Å². The van der Waals surface area contributed by atoms with Gasteiger partial charge in [-0.1, -0.05) is 35.9 Å². The molecule has 0 atom stereocenters. The molecule has 2 N–H and O–H groups in total. The summed E-state index contributed by atoms with van der Waals surface area (Å²) in [7, 11) is 0. The van der Waals surface area contributed by atoms with Crippen LogP contribution in [-0.4, -0.2) is 16.0 Å². The van der Waals surface area contributed by atoms with E-state index in [9.17, 15) is 4.79 Å². The number of oxazole rings is 1. The molecule has 4 rings (SSSR count). The number of nitrogens with one attached hydrogen (secondary N) is 2. The van der Waals surface area contributed by atoms with Crippen LogP contribution in [0.5, 0.6) is 0 Å². The maximum absolute atomic E-state index is 12.3. The van der Waals surface area contributed by atoms with Gasteiger partial charge in [0.15, 0.2) is 10.7 Å². The predicted octanol–water partition coefficient (Wildman–Crippen LogP) is 4.93. The summed E-state index contributed by atoms with van der Waals surface area (Å²) >= 11 is 5.26. The number of rotatable bonds is 3. The van der Waals surface area contributed by atoms with E-state index in [4.69, 9.17) is 16.6 Å². The van der Waals surface area contributed by atoms with E-state index in [1.165, 1.54) is 0 Å². The molecular weight excluding hydrogens is 370 g/mol. The summed E-state index contributed by atoms with van der Waals surface area (Å²) in [4.78, 5) is 16.8. The monoisotopic (exact) mass is 387 g/mol. The van der Waals surface area contributed by atoms with Gasteiger partial charge in [0, 0.05) is 16.8 Å². The number of carbonyl (C=O) groups excluding carboxylic acids is 1. The number of fused-ring (bicyclic) bond motifs is 1. The van der Waals surface area contributed by atoms with Crippen LogP contribution >= 0.6 is 12.2 Å². The normalized spacial score (nSPS) is 10.6. The van der Waals surface area contributed by atoms with Crippen LogP contribution in [0.4, 0.5) is 5.69 Å². The van der Waals surface area contributed by atoms with Crippen molar-refractivity contribution in [2.24, 2.45) is 0 Å². The van der Waals surface area contributed by atoms with E-state index in [0.717, 1.165) is 16.8 Å². The van der Waals surface area contributed by atoms with Crippen molar-refractivity contribution in [3.05, 3.63) is 83.9 Å². The highest BCUT2D eigenvalue weighted by Crippen LogP contribution is 2.26. The van der Waals surface area contributed by atoms with Gasteiger partial charge in [-0.25, -0.2) is 4.98 Å².